The van der Waals surface area contributed by atoms with Crippen LogP contribution in [0.2, 0.25) is 5.02 Å². The van der Waals surface area contributed by atoms with Gasteiger partial charge < -0.3 is 14.8 Å². The molecule has 5 heteroatoms. The minimum atomic E-state index is 0.401. The Kier molecular flexibility index (Phi) is 6.04. The van der Waals surface area contributed by atoms with Crippen molar-refractivity contribution in [2.24, 2.45) is 0 Å². The molecule has 0 saturated heterocycles. The molecule has 0 aromatic heterocycles. The van der Waals surface area contributed by atoms with E-state index in [4.69, 9.17) is 21.1 Å². The van der Waals surface area contributed by atoms with Crippen LogP contribution in [-0.4, -0.2) is 12.6 Å². The summed E-state index contributed by atoms with van der Waals surface area (Å²) in [5.41, 5.74) is 2.13. The highest BCUT2D eigenvalue weighted by Crippen LogP contribution is 2.38. The second-order valence-corrected chi connectivity index (χ2v) is 7.13. The summed E-state index contributed by atoms with van der Waals surface area (Å²) in [5.74, 6) is 1.47. The normalized spacial score (nSPS) is 13.8. The molecule has 1 fully saturated rings. The molecular formula is C19H21BrClNO2. The fraction of sp³-hybridized carbons (Fsp3) is 0.368. The van der Waals surface area contributed by atoms with E-state index in [-0.39, 0.29) is 0 Å². The zero-order valence-electron chi connectivity index (χ0n) is 13.6. The fourth-order valence-corrected chi connectivity index (χ4v) is 3.24. The second-order valence-electron chi connectivity index (χ2n) is 5.87. The molecule has 1 aliphatic carbocycles. The molecule has 0 bridgehead atoms. The standard InChI is InChI=1S/C19H21BrClNO2/c1-2-23-18-10-13(11-22-15-7-8-15)9-16(20)19(18)24-12-14-5-3-4-6-17(14)21/h3-6,9-10,15,22H,2,7-8,11-12H2,1H3. The number of hydrogen-bond acceptors (Lipinski definition) is 3. The molecule has 0 heterocycles. The molecule has 0 radical (unpaired) electrons. The number of benzene rings is 2. The largest absolute Gasteiger partial charge is 0.490 e. The lowest BCUT2D eigenvalue weighted by Crippen LogP contribution is -2.15. The van der Waals surface area contributed by atoms with Gasteiger partial charge in [-0.2, -0.15) is 0 Å². The van der Waals surface area contributed by atoms with Crippen molar-refractivity contribution in [2.45, 2.75) is 39.0 Å². The lowest BCUT2D eigenvalue weighted by Gasteiger charge is -2.16. The van der Waals surface area contributed by atoms with Crippen molar-refractivity contribution in [2.75, 3.05) is 6.61 Å². The molecule has 24 heavy (non-hydrogen) atoms. The van der Waals surface area contributed by atoms with E-state index in [0.717, 1.165) is 22.3 Å². The molecule has 0 spiro atoms. The average Bonchev–Trinajstić information content (AvgIpc) is 3.38. The third kappa shape index (κ3) is 4.65. The van der Waals surface area contributed by atoms with Crippen LogP contribution in [0.15, 0.2) is 40.9 Å². The summed E-state index contributed by atoms with van der Waals surface area (Å²) >= 11 is 9.82. The number of rotatable bonds is 8. The van der Waals surface area contributed by atoms with Crippen molar-refractivity contribution < 1.29 is 9.47 Å². The first-order valence-corrected chi connectivity index (χ1v) is 9.39. The highest BCUT2D eigenvalue weighted by molar-refractivity contribution is 9.10. The van der Waals surface area contributed by atoms with E-state index < -0.39 is 0 Å². The molecule has 0 amide bonds. The van der Waals surface area contributed by atoms with Crippen molar-refractivity contribution in [1.29, 1.82) is 0 Å². The summed E-state index contributed by atoms with van der Waals surface area (Å²) in [6.45, 7) is 3.81. The first-order valence-electron chi connectivity index (χ1n) is 8.22. The Labute approximate surface area is 156 Å². The van der Waals surface area contributed by atoms with Crippen LogP contribution in [0.3, 0.4) is 0 Å². The smallest absolute Gasteiger partial charge is 0.175 e. The first-order chi connectivity index (χ1) is 11.7. The van der Waals surface area contributed by atoms with Gasteiger partial charge in [0.1, 0.15) is 6.61 Å². The van der Waals surface area contributed by atoms with Crippen LogP contribution in [0.4, 0.5) is 0 Å². The average molecular weight is 411 g/mol. The van der Waals surface area contributed by atoms with Gasteiger partial charge in [-0.05, 0) is 59.5 Å². The summed E-state index contributed by atoms with van der Waals surface area (Å²) in [6.07, 6.45) is 2.55. The Morgan fingerprint density at radius 3 is 2.71 bits per heavy atom. The Hall–Kier alpha value is -1.23. The molecule has 1 aliphatic rings. The first kappa shape index (κ1) is 17.6. The SMILES string of the molecule is CCOc1cc(CNC2CC2)cc(Br)c1OCc1ccccc1Cl. The maximum absolute atomic E-state index is 6.20. The van der Waals surface area contributed by atoms with Gasteiger partial charge in [-0.1, -0.05) is 29.8 Å². The van der Waals surface area contributed by atoms with Gasteiger partial charge in [-0.3, -0.25) is 0 Å². The second kappa shape index (κ2) is 8.24. The summed E-state index contributed by atoms with van der Waals surface area (Å²) in [6, 6.07) is 12.5. The van der Waals surface area contributed by atoms with Crippen LogP contribution in [0.5, 0.6) is 11.5 Å². The zero-order valence-corrected chi connectivity index (χ0v) is 16.0. The number of halogens is 2. The van der Waals surface area contributed by atoms with Gasteiger partial charge in [0.15, 0.2) is 11.5 Å². The lowest BCUT2D eigenvalue weighted by molar-refractivity contribution is 0.267. The van der Waals surface area contributed by atoms with Gasteiger partial charge in [-0.25, -0.2) is 0 Å². The van der Waals surface area contributed by atoms with E-state index in [9.17, 15) is 0 Å². The maximum atomic E-state index is 6.20. The van der Waals surface area contributed by atoms with Crippen LogP contribution in [0.25, 0.3) is 0 Å². The van der Waals surface area contributed by atoms with Crippen molar-refractivity contribution in [3.63, 3.8) is 0 Å². The lowest BCUT2D eigenvalue weighted by atomic mass is 10.2. The summed E-state index contributed by atoms with van der Waals surface area (Å²) in [5, 5.41) is 4.22. The predicted octanol–water partition coefficient (Wildman–Crippen LogP) is 5.33. The Morgan fingerprint density at radius 2 is 2.00 bits per heavy atom. The summed E-state index contributed by atoms with van der Waals surface area (Å²) in [7, 11) is 0. The van der Waals surface area contributed by atoms with Gasteiger partial charge in [-0.15, -0.1) is 0 Å². The minimum Gasteiger partial charge on any atom is -0.490 e. The molecule has 1 saturated carbocycles. The van der Waals surface area contributed by atoms with Crippen LogP contribution in [0.1, 0.15) is 30.9 Å². The van der Waals surface area contributed by atoms with Crippen LogP contribution in [0, 0.1) is 0 Å². The molecule has 128 valence electrons. The highest BCUT2D eigenvalue weighted by Gasteiger charge is 2.20. The van der Waals surface area contributed by atoms with Gasteiger partial charge >= 0.3 is 0 Å². The monoisotopic (exact) mass is 409 g/mol. The summed E-state index contributed by atoms with van der Waals surface area (Å²) < 4.78 is 12.7. The predicted molar refractivity (Wildman–Crippen MR) is 101 cm³/mol. The molecule has 0 unspecified atom stereocenters. The molecule has 0 atom stereocenters. The zero-order chi connectivity index (χ0) is 16.9. The van der Waals surface area contributed by atoms with E-state index in [2.05, 4.69) is 27.3 Å². The Bertz CT molecular complexity index is 704. The molecule has 2 aromatic rings. The molecule has 3 nitrogen and oxygen atoms in total. The van der Waals surface area contributed by atoms with Crippen LogP contribution in [-0.2, 0) is 13.2 Å². The fourth-order valence-electron chi connectivity index (χ4n) is 2.44. The molecule has 1 N–H and O–H groups in total. The number of nitrogens with one attached hydrogen (secondary N) is 1. The Morgan fingerprint density at radius 1 is 1.21 bits per heavy atom. The van der Waals surface area contributed by atoms with E-state index in [0.29, 0.717) is 30.0 Å². The minimum absolute atomic E-state index is 0.401. The van der Waals surface area contributed by atoms with Crippen molar-refractivity contribution in [3.05, 3.63) is 57.0 Å². The number of ether oxygens (including phenoxy) is 2. The van der Waals surface area contributed by atoms with Crippen molar-refractivity contribution >= 4 is 27.5 Å². The van der Waals surface area contributed by atoms with Gasteiger partial charge in [0.05, 0.1) is 11.1 Å². The van der Waals surface area contributed by atoms with Crippen molar-refractivity contribution in [1.82, 2.24) is 5.32 Å². The Balaban J connectivity index is 1.75. The topological polar surface area (TPSA) is 30.5 Å². The van der Waals surface area contributed by atoms with E-state index in [1.54, 1.807) is 0 Å². The quantitative estimate of drug-likeness (QED) is 0.638. The highest BCUT2D eigenvalue weighted by atomic mass is 79.9. The van der Waals surface area contributed by atoms with E-state index >= 15 is 0 Å². The van der Waals surface area contributed by atoms with Gasteiger partial charge in [0, 0.05) is 23.2 Å². The van der Waals surface area contributed by atoms with E-state index in [1.165, 1.54) is 18.4 Å². The molecular weight excluding hydrogens is 390 g/mol. The third-order valence-corrected chi connectivity index (χ3v) is 4.83. The molecule has 0 aliphatic heterocycles. The molecule has 3 rings (SSSR count). The van der Waals surface area contributed by atoms with Gasteiger partial charge in [0.25, 0.3) is 0 Å². The maximum Gasteiger partial charge on any atom is 0.175 e. The van der Waals surface area contributed by atoms with Crippen LogP contribution >= 0.6 is 27.5 Å². The van der Waals surface area contributed by atoms with Crippen LogP contribution < -0.4 is 14.8 Å². The molecule has 2 aromatic carbocycles. The van der Waals surface area contributed by atoms with E-state index in [1.807, 2.05) is 37.3 Å². The summed E-state index contributed by atoms with van der Waals surface area (Å²) in [4.78, 5) is 0. The van der Waals surface area contributed by atoms with Crippen molar-refractivity contribution in [3.8, 4) is 11.5 Å². The third-order valence-electron chi connectivity index (χ3n) is 3.87. The van der Waals surface area contributed by atoms with Gasteiger partial charge in [0.2, 0.25) is 0 Å². The number of hydrogen-bond donors (Lipinski definition) is 1.